The minimum atomic E-state index is 0.516. The summed E-state index contributed by atoms with van der Waals surface area (Å²) in [4.78, 5) is 0. The van der Waals surface area contributed by atoms with Crippen LogP contribution in [0.1, 0.15) is 29.2 Å². The van der Waals surface area contributed by atoms with Crippen molar-refractivity contribution >= 4 is 0 Å². The van der Waals surface area contributed by atoms with E-state index in [1.54, 1.807) is 0 Å². The summed E-state index contributed by atoms with van der Waals surface area (Å²) in [5, 5.41) is 4.57. The van der Waals surface area contributed by atoms with Crippen LogP contribution in [0.2, 0.25) is 0 Å². The molecule has 1 aliphatic carbocycles. The topological polar surface area (TPSA) is 17.8 Å². The smallest absolute Gasteiger partial charge is 0.0731 e. The van der Waals surface area contributed by atoms with Crippen LogP contribution >= 0.6 is 0 Å². The Labute approximate surface area is 89.5 Å². The van der Waals surface area contributed by atoms with E-state index in [1.165, 1.54) is 29.7 Å². The third-order valence-electron chi connectivity index (χ3n) is 3.17. The van der Waals surface area contributed by atoms with Gasteiger partial charge in [-0.25, -0.2) is 0 Å². The van der Waals surface area contributed by atoms with Crippen molar-refractivity contribution in [1.82, 2.24) is 9.78 Å². The molecule has 0 fully saturated rings. The fourth-order valence-electron chi connectivity index (χ4n) is 2.49. The molecule has 1 heterocycles. The second-order valence-electron chi connectivity index (χ2n) is 4.22. The zero-order valence-electron chi connectivity index (χ0n) is 8.85. The maximum atomic E-state index is 4.57. The van der Waals surface area contributed by atoms with Crippen molar-refractivity contribution in [3.8, 4) is 0 Å². The lowest BCUT2D eigenvalue weighted by molar-refractivity contribution is 0.688. The minimum Gasteiger partial charge on any atom is -0.275 e. The first-order valence-electron chi connectivity index (χ1n) is 5.42. The molecular formula is C13H14N2. The van der Waals surface area contributed by atoms with Crippen LogP contribution in [0.3, 0.4) is 0 Å². The van der Waals surface area contributed by atoms with Crippen molar-refractivity contribution in [3.63, 3.8) is 0 Å². The summed E-state index contributed by atoms with van der Waals surface area (Å²) in [5.41, 5.74) is 4.10. The Hall–Kier alpha value is -1.57. The Bertz CT molecular complexity index is 471. The Morgan fingerprint density at radius 1 is 1.27 bits per heavy atom. The van der Waals surface area contributed by atoms with Gasteiger partial charge in [0.05, 0.1) is 5.69 Å². The number of hydrogen-bond donors (Lipinski definition) is 0. The van der Waals surface area contributed by atoms with Crippen molar-refractivity contribution in [2.24, 2.45) is 7.05 Å². The number of aryl methyl sites for hydroxylation is 2. The SMILES string of the molecule is Cn1cc2c(n1)C(c1ccccc1)CC2. The number of benzene rings is 1. The van der Waals surface area contributed by atoms with E-state index in [0.717, 1.165) is 0 Å². The second-order valence-corrected chi connectivity index (χ2v) is 4.22. The summed E-state index contributed by atoms with van der Waals surface area (Å²) in [5.74, 6) is 0.516. The maximum absolute atomic E-state index is 4.57. The number of aromatic nitrogens is 2. The Balaban J connectivity index is 2.03. The molecule has 15 heavy (non-hydrogen) atoms. The molecule has 1 unspecified atom stereocenters. The lowest BCUT2D eigenvalue weighted by Gasteiger charge is -2.08. The molecule has 3 rings (SSSR count). The van der Waals surface area contributed by atoms with E-state index in [2.05, 4.69) is 41.6 Å². The van der Waals surface area contributed by atoms with Gasteiger partial charge in [0.25, 0.3) is 0 Å². The quantitative estimate of drug-likeness (QED) is 0.688. The van der Waals surface area contributed by atoms with Crippen LogP contribution in [0.4, 0.5) is 0 Å². The molecule has 1 aromatic heterocycles. The van der Waals surface area contributed by atoms with Gasteiger partial charge in [-0.05, 0) is 24.0 Å². The van der Waals surface area contributed by atoms with E-state index < -0.39 is 0 Å². The van der Waals surface area contributed by atoms with Crippen molar-refractivity contribution < 1.29 is 0 Å². The van der Waals surface area contributed by atoms with Gasteiger partial charge < -0.3 is 0 Å². The molecule has 0 N–H and O–H groups in total. The molecule has 2 nitrogen and oxygen atoms in total. The molecule has 76 valence electrons. The van der Waals surface area contributed by atoms with Gasteiger partial charge in [-0.3, -0.25) is 4.68 Å². The lowest BCUT2D eigenvalue weighted by Crippen LogP contribution is -1.99. The molecule has 1 aromatic carbocycles. The lowest BCUT2D eigenvalue weighted by atomic mass is 9.97. The molecule has 1 atom stereocenters. The van der Waals surface area contributed by atoms with Crippen LogP contribution in [0.15, 0.2) is 36.5 Å². The Kier molecular flexibility index (Phi) is 1.88. The van der Waals surface area contributed by atoms with E-state index in [0.29, 0.717) is 5.92 Å². The van der Waals surface area contributed by atoms with Gasteiger partial charge in [0.15, 0.2) is 0 Å². The zero-order valence-corrected chi connectivity index (χ0v) is 8.85. The second kappa shape index (κ2) is 3.23. The monoisotopic (exact) mass is 198 g/mol. The minimum absolute atomic E-state index is 0.516. The molecule has 0 saturated carbocycles. The van der Waals surface area contributed by atoms with Crippen LogP contribution < -0.4 is 0 Å². The van der Waals surface area contributed by atoms with Crippen molar-refractivity contribution in [2.45, 2.75) is 18.8 Å². The third kappa shape index (κ3) is 1.37. The van der Waals surface area contributed by atoms with Gasteiger partial charge in [0.2, 0.25) is 0 Å². The van der Waals surface area contributed by atoms with Gasteiger partial charge in [-0.15, -0.1) is 0 Å². The molecular weight excluding hydrogens is 184 g/mol. The van der Waals surface area contributed by atoms with Crippen LogP contribution in [0.5, 0.6) is 0 Å². The van der Waals surface area contributed by atoms with Gasteiger partial charge >= 0.3 is 0 Å². The van der Waals surface area contributed by atoms with Crippen molar-refractivity contribution in [3.05, 3.63) is 53.3 Å². The Morgan fingerprint density at radius 2 is 2.07 bits per heavy atom. The first-order chi connectivity index (χ1) is 7.34. The van der Waals surface area contributed by atoms with Gasteiger partial charge in [0.1, 0.15) is 0 Å². The summed E-state index contributed by atoms with van der Waals surface area (Å²) in [7, 11) is 2.00. The molecule has 0 spiro atoms. The summed E-state index contributed by atoms with van der Waals surface area (Å²) >= 11 is 0. The number of nitrogens with zero attached hydrogens (tertiary/aromatic N) is 2. The molecule has 0 radical (unpaired) electrons. The molecule has 0 amide bonds. The highest BCUT2D eigenvalue weighted by Gasteiger charge is 2.26. The predicted octanol–water partition coefficient (Wildman–Crippen LogP) is 2.50. The molecule has 0 aliphatic heterocycles. The first-order valence-corrected chi connectivity index (χ1v) is 5.42. The summed E-state index contributed by atoms with van der Waals surface area (Å²) in [6, 6.07) is 10.7. The zero-order chi connectivity index (χ0) is 10.3. The highest BCUT2D eigenvalue weighted by Crippen LogP contribution is 2.36. The highest BCUT2D eigenvalue weighted by molar-refractivity contribution is 5.36. The average Bonchev–Trinajstić information content (AvgIpc) is 2.77. The van der Waals surface area contributed by atoms with Crippen LogP contribution in [-0.4, -0.2) is 9.78 Å². The van der Waals surface area contributed by atoms with Crippen LogP contribution in [0, 0.1) is 0 Å². The normalized spacial score (nSPS) is 19.1. The number of hydrogen-bond acceptors (Lipinski definition) is 1. The summed E-state index contributed by atoms with van der Waals surface area (Å²) < 4.78 is 1.93. The van der Waals surface area contributed by atoms with Gasteiger partial charge in [0, 0.05) is 19.2 Å². The molecule has 2 aromatic rings. The number of fused-ring (bicyclic) bond motifs is 1. The molecule has 0 saturated heterocycles. The fraction of sp³-hybridized carbons (Fsp3) is 0.308. The molecule has 2 heteroatoms. The standard InChI is InChI=1S/C13H14N2/c1-15-9-11-7-8-12(13(11)14-15)10-5-3-2-4-6-10/h2-6,9,12H,7-8H2,1H3. The van der Waals surface area contributed by atoms with Gasteiger partial charge in [-0.1, -0.05) is 30.3 Å². The predicted molar refractivity (Wildman–Crippen MR) is 59.8 cm³/mol. The average molecular weight is 198 g/mol. The van der Waals surface area contributed by atoms with Crippen molar-refractivity contribution in [1.29, 1.82) is 0 Å². The van der Waals surface area contributed by atoms with E-state index in [4.69, 9.17) is 0 Å². The van der Waals surface area contributed by atoms with E-state index in [1.807, 2.05) is 11.7 Å². The first kappa shape index (κ1) is 8.72. The van der Waals surface area contributed by atoms with Crippen molar-refractivity contribution in [2.75, 3.05) is 0 Å². The molecule has 0 bridgehead atoms. The highest BCUT2D eigenvalue weighted by atomic mass is 15.3. The fourth-order valence-corrected chi connectivity index (χ4v) is 2.49. The van der Waals surface area contributed by atoms with Crippen LogP contribution in [0.25, 0.3) is 0 Å². The summed E-state index contributed by atoms with van der Waals surface area (Å²) in [6.07, 6.45) is 4.53. The molecule has 1 aliphatic rings. The van der Waals surface area contributed by atoms with Crippen LogP contribution in [-0.2, 0) is 13.5 Å². The Morgan fingerprint density at radius 3 is 2.87 bits per heavy atom. The number of rotatable bonds is 1. The van der Waals surface area contributed by atoms with E-state index in [-0.39, 0.29) is 0 Å². The third-order valence-corrected chi connectivity index (χ3v) is 3.17. The van der Waals surface area contributed by atoms with E-state index >= 15 is 0 Å². The summed E-state index contributed by atoms with van der Waals surface area (Å²) in [6.45, 7) is 0. The van der Waals surface area contributed by atoms with E-state index in [9.17, 15) is 0 Å². The maximum Gasteiger partial charge on any atom is 0.0731 e. The van der Waals surface area contributed by atoms with Gasteiger partial charge in [-0.2, -0.15) is 5.10 Å². The largest absolute Gasteiger partial charge is 0.275 e.